The smallest absolute Gasteiger partial charge is 0.309 e. The minimum absolute atomic E-state index is 0.0981. The Bertz CT molecular complexity index is 374. The average molecular weight is 272 g/mol. The van der Waals surface area contributed by atoms with Crippen LogP contribution in [-0.4, -0.2) is 52.1 Å². The van der Waals surface area contributed by atoms with Crippen LogP contribution in [0, 0.1) is 5.41 Å². The van der Waals surface area contributed by atoms with Crippen molar-refractivity contribution in [1.29, 1.82) is 0 Å². The summed E-state index contributed by atoms with van der Waals surface area (Å²) in [6.07, 6.45) is 0.730. The molecule has 19 heavy (non-hydrogen) atoms. The van der Waals surface area contributed by atoms with E-state index in [1.54, 1.807) is 6.92 Å². The molecule has 0 spiro atoms. The molecule has 0 radical (unpaired) electrons. The van der Waals surface area contributed by atoms with Crippen LogP contribution in [-0.2, 0) is 14.4 Å². The van der Waals surface area contributed by atoms with Gasteiger partial charge in [-0.25, -0.2) is 0 Å². The monoisotopic (exact) mass is 272 g/mol. The van der Waals surface area contributed by atoms with E-state index in [0.717, 1.165) is 0 Å². The molecule has 1 aliphatic rings. The first kappa shape index (κ1) is 15.4. The third-order valence-corrected chi connectivity index (χ3v) is 3.68. The number of likely N-dealkylation sites (tertiary alicyclic amines) is 1. The fourth-order valence-electron chi connectivity index (χ4n) is 2.07. The van der Waals surface area contributed by atoms with Crippen molar-refractivity contribution in [3.63, 3.8) is 0 Å². The summed E-state index contributed by atoms with van der Waals surface area (Å²) < 4.78 is 0. The number of carbonyl (C=O) groups is 3. The van der Waals surface area contributed by atoms with Crippen molar-refractivity contribution in [2.75, 3.05) is 13.1 Å². The lowest BCUT2D eigenvalue weighted by Gasteiger charge is -2.37. The molecule has 1 heterocycles. The van der Waals surface area contributed by atoms with Gasteiger partial charge in [0.1, 0.15) is 0 Å². The van der Waals surface area contributed by atoms with Gasteiger partial charge in [0.2, 0.25) is 5.91 Å². The quantitative estimate of drug-likeness (QED) is 0.642. The minimum atomic E-state index is -0.986. The SMILES string of the molecule is CC1(C(=O)O)CCN(C(=O)C(N)CCC(=O)O)CC1. The summed E-state index contributed by atoms with van der Waals surface area (Å²) in [5, 5.41) is 17.6. The summed E-state index contributed by atoms with van der Waals surface area (Å²) in [6, 6.07) is -0.828. The fraction of sp³-hybridized carbons (Fsp3) is 0.750. The van der Waals surface area contributed by atoms with Crippen LogP contribution in [0.15, 0.2) is 0 Å². The summed E-state index contributed by atoms with van der Waals surface area (Å²) in [4.78, 5) is 35.0. The number of carbonyl (C=O) groups excluding carboxylic acids is 1. The maximum absolute atomic E-state index is 12.0. The highest BCUT2D eigenvalue weighted by Crippen LogP contribution is 2.31. The normalized spacial score (nSPS) is 19.8. The molecule has 7 nitrogen and oxygen atoms in total. The van der Waals surface area contributed by atoms with Crippen LogP contribution in [0.1, 0.15) is 32.6 Å². The molecule has 1 unspecified atom stereocenters. The van der Waals surface area contributed by atoms with Crippen LogP contribution in [0.3, 0.4) is 0 Å². The molecular formula is C12H20N2O5. The van der Waals surface area contributed by atoms with Gasteiger partial charge < -0.3 is 20.8 Å². The Morgan fingerprint density at radius 2 is 1.79 bits per heavy atom. The second-order valence-corrected chi connectivity index (χ2v) is 5.23. The second kappa shape index (κ2) is 6.01. The highest BCUT2D eigenvalue weighted by atomic mass is 16.4. The van der Waals surface area contributed by atoms with E-state index in [1.165, 1.54) is 4.90 Å². The molecule has 1 amide bonds. The molecule has 1 fully saturated rings. The predicted octanol–water partition coefficient (Wildman–Crippen LogP) is -0.108. The lowest BCUT2D eigenvalue weighted by Crippen LogP contribution is -2.50. The first-order chi connectivity index (χ1) is 8.76. The van der Waals surface area contributed by atoms with Crippen LogP contribution >= 0.6 is 0 Å². The van der Waals surface area contributed by atoms with Crippen molar-refractivity contribution < 1.29 is 24.6 Å². The molecule has 1 rings (SSSR count). The summed E-state index contributed by atoms with van der Waals surface area (Å²) >= 11 is 0. The van der Waals surface area contributed by atoms with Crippen LogP contribution in [0.25, 0.3) is 0 Å². The number of carboxylic acids is 2. The topological polar surface area (TPSA) is 121 Å². The van der Waals surface area contributed by atoms with E-state index < -0.39 is 23.4 Å². The maximum Gasteiger partial charge on any atom is 0.309 e. The van der Waals surface area contributed by atoms with Gasteiger partial charge in [0, 0.05) is 19.5 Å². The Balaban J connectivity index is 2.48. The summed E-state index contributed by atoms with van der Waals surface area (Å²) in [6.45, 7) is 2.37. The summed E-state index contributed by atoms with van der Waals surface area (Å²) in [7, 11) is 0. The number of carboxylic acid groups (broad SMARTS) is 2. The van der Waals surface area contributed by atoms with Crippen molar-refractivity contribution in [3.05, 3.63) is 0 Å². The Kier molecular flexibility index (Phi) is 4.88. The zero-order valence-corrected chi connectivity index (χ0v) is 11.0. The van der Waals surface area contributed by atoms with Gasteiger partial charge in [0.05, 0.1) is 11.5 Å². The van der Waals surface area contributed by atoms with Gasteiger partial charge in [-0.2, -0.15) is 0 Å². The average Bonchev–Trinajstić information content (AvgIpc) is 2.35. The highest BCUT2D eigenvalue weighted by molar-refractivity contribution is 5.83. The Morgan fingerprint density at radius 1 is 1.26 bits per heavy atom. The molecular weight excluding hydrogens is 252 g/mol. The lowest BCUT2D eigenvalue weighted by molar-refractivity contribution is -0.153. The van der Waals surface area contributed by atoms with E-state index in [1.807, 2.05) is 0 Å². The number of amides is 1. The van der Waals surface area contributed by atoms with Gasteiger partial charge in [-0.3, -0.25) is 14.4 Å². The number of aliphatic carboxylic acids is 2. The molecule has 108 valence electrons. The lowest BCUT2D eigenvalue weighted by atomic mass is 9.80. The van der Waals surface area contributed by atoms with Crippen molar-refractivity contribution >= 4 is 17.8 Å². The van der Waals surface area contributed by atoms with E-state index in [2.05, 4.69) is 0 Å². The summed E-state index contributed by atoms with van der Waals surface area (Å²) in [5.74, 6) is -2.14. The van der Waals surface area contributed by atoms with Crippen LogP contribution in [0.4, 0.5) is 0 Å². The highest BCUT2D eigenvalue weighted by Gasteiger charge is 2.38. The maximum atomic E-state index is 12.0. The molecule has 0 aromatic rings. The van der Waals surface area contributed by atoms with E-state index in [9.17, 15) is 14.4 Å². The largest absolute Gasteiger partial charge is 0.481 e. The number of nitrogens with zero attached hydrogens (tertiary/aromatic N) is 1. The van der Waals surface area contributed by atoms with E-state index in [-0.39, 0.29) is 18.7 Å². The molecule has 0 aliphatic carbocycles. The van der Waals surface area contributed by atoms with Gasteiger partial charge in [-0.15, -0.1) is 0 Å². The molecule has 0 aromatic carbocycles. The molecule has 4 N–H and O–H groups in total. The van der Waals surface area contributed by atoms with E-state index >= 15 is 0 Å². The standard InChI is InChI=1S/C12H20N2O5/c1-12(11(18)19)4-6-14(7-5-12)10(17)8(13)2-3-9(15)16/h8H,2-7,13H2,1H3,(H,15,16)(H,18,19). The third-order valence-electron chi connectivity index (χ3n) is 3.68. The van der Waals surface area contributed by atoms with E-state index in [0.29, 0.717) is 25.9 Å². The fourth-order valence-corrected chi connectivity index (χ4v) is 2.07. The van der Waals surface area contributed by atoms with Crippen molar-refractivity contribution in [3.8, 4) is 0 Å². The zero-order chi connectivity index (χ0) is 14.6. The predicted molar refractivity (Wildman–Crippen MR) is 66.4 cm³/mol. The van der Waals surface area contributed by atoms with Crippen molar-refractivity contribution in [2.24, 2.45) is 11.1 Å². The van der Waals surface area contributed by atoms with Gasteiger partial charge in [-0.05, 0) is 26.2 Å². The number of piperidine rings is 1. The second-order valence-electron chi connectivity index (χ2n) is 5.23. The number of hydrogen-bond acceptors (Lipinski definition) is 4. The van der Waals surface area contributed by atoms with Crippen LogP contribution < -0.4 is 5.73 Å². The molecule has 1 aliphatic heterocycles. The van der Waals surface area contributed by atoms with Gasteiger partial charge in [0.15, 0.2) is 0 Å². The molecule has 0 saturated carbocycles. The number of rotatable bonds is 5. The minimum Gasteiger partial charge on any atom is -0.481 e. The third kappa shape index (κ3) is 3.92. The summed E-state index contributed by atoms with van der Waals surface area (Å²) in [5.41, 5.74) is 4.86. The van der Waals surface area contributed by atoms with Gasteiger partial charge in [0.25, 0.3) is 0 Å². The van der Waals surface area contributed by atoms with Crippen LogP contribution in [0.5, 0.6) is 0 Å². The van der Waals surface area contributed by atoms with Crippen molar-refractivity contribution in [2.45, 2.75) is 38.6 Å². The Morgan fingerprint density at radius 3 is 2.21 bits per heavy atom. The Labute approximate surface area is 111 Å². The number of hydrogen-bond donors (Lipinski definition) is 3. The first-order valence-corrected chi connectivity index (χ1v) is 6.26. The Hall–Kier alpha value is -1.63. The first-order valence-electron chi connectivity index (χ1n) is 6.26. The van der Waals surface area contributed by atoms with Gasteiger partial charge in [-0.1, -0.05) is 0 Å². The van der Waals surface area contributed by atoms with E-state index in [4.69, 9.17) is 15.9 Å². The molecule has 7 heteroatoms. The molecule has 0 aromatic heterocycles. The number of nitrogens with two attached hydrogens (primary N) is 1. The zero-order valence-electron chi connectivity index (χ0n) is 11.0. The molecule has 1 saturated heterocycles. The van der Waals surface area contributed by atoms with Crippen LogP contribution in [0.2, 0.25) is 0 Å². The van der Waals surface area contributed by atoms with Crippen molar-refractivity contribution in [1.82, 2.24) is 4.90 Å². The van der Waals surface area contributed by atoms with Gasteiger partial charge >= 0.3 is 11.9 Å². The molecule has 1 atom stereocenters. The molecule has 0 bridgehead atoms.